The number of rotatable bonds is 11. The highest BCUT2D eigenvalue weighted by Gasteiger charge is 2.63. The molecule has 0 spiro atoms. The molecule has 1 saturated heterocycles. The van der Waals surface area contributed by atoms with Gasteiger partial charge < -0.3 is 29.7 Å². The fourth-order valence-corrected chi connectivity index (χ4v) is 9.15. The minimum atomic E-state index is -4.06. The molecule has 0 radical (unpaired) electrons. The molecule has 59 heavy (non-hydrogen) atoms. The molecule has 2 aliphatic heterocycles. The van der Waals surface area contributed by atoms with E-state index in [1.807, 2.05) is 32.9 Å². The van der Waals surface area contributed by atoms with E-state index in [-0.39, 0.29) is 31.2 Å². The summed E-state index contributed by atoms with van der Waals surface area (Å²) in [5.41, 5.74) is -3.84. The van der Waals surface area contributed by atoms with E-state index in [0.717, 1.165) is 13.8 Å². The number of halogens is 2. The number of hydrogen-bond acceptors (Lipinski definition) is 11. The third-order valence-corrected chi connectivity index (χ3v) is 14.6. The zero-order valence-electron chi connectivity index (χ0n) is 34.7. The maximum atomic E-state index is 15.0. The van der Waals surface area contributed by atoms with Crippen molar-refractivity contribution >= 4 is 44.6 Å². The van der Waals surface area contributed by atoms with E-state index in [1.165, 1.54) is 4.90 Å². The first-order valence-corrected chi connectivity index (χ1v) is 21.9. The summed E-state index contributed by atoms with van der Waals surface area (Å²) in [6.07, 6.45) is 4.57. The number of benzene rings is 1. The van der Waals surface area contributed by atoms with Crippen LogP contribution < -0.4 is 24.8 Å². The summed E-state index contributed by atoms with van der Waals surface area (Å²) in [4.78, 5) is 58.2. The topological polar surface area (TPSA) is 195 Å². The van der Waals surface area contributed by atoms with Crippen molar-refractivity contribution in [3.63, 3.8) is 0 Å². The molecule has 324 valence electrons. The Kier molecular flexibility index (Phi) is 12.3. The van der Waals surface area contributed by atoms with Crippen molar-refractivity contribution in [2.24, 2.45) is 17.8 Å². The first kappa shape index (κ1) is 44.0. The first-order valence-electron chi connectivity index (χ1n) is 20.4. The smallest absolute Gasteiger partial charge is 0.408 e. The Bertz CT molecular complexity index is 2090. The molecule has 7 unspecified atom stereocenters. The maximum Gasteiger partial charge on any atom is 0.408 e. The molecule has 15 nitrogen and oxygen atoms in total. The molecule has 2 aliphatic carbocycles. The van der Waals surface area contributed by atoms with Gasteiger partial charge in [-0.1, -0.05) is 44.6 Å². The molecule has 7 atom stereocenters. The summed E-state index contributed by atoms with van der Waals surface area (Å²) < 4.78 is 73.8. The van der Waals surface area contributed by atoms with Crippen molar-refractivity contribution in [1.29, 1.82) is 0 Å². The van der Waals surface area contributed by atoms with Crippen LogP contribution in [0.3, 0.4) is 0 Å². The highest BCUT2D eigenvalue weighted by Crippen LogP contribution is 2.48. The van der Waals surface area contributed by atoms with Crippen LogP contribution in [-0.2, 0) is 29.1 Å². The molecule has 4 aliphatic rings. The molecular weight excluding hydrogens is 791 g/mol. The van der Waals surface area contributed by atoms with Crippen LogP contribution in [0.1, 0.15) is 99.8 Å². The summed E-state index contributed by atoms with van der Waals surface area (Å²) >= 11 is 0. The van der Waals surface area contributed by atoms with Crippen molar-refractivity contribution in [2.45, 2.75) is 140 Å². The average Bonchev–Trinajstić information content (AvgIpc) is 4.04. The van der Waals surface area contributed by atoms with Gasteiger partial charge in [-0.2, -0.15) is 0 Å². The van der Waals surface area contributed by atoms with Crippen LogP contribution in [0.4, 0.5) is 13.6 Å². The van der Waals surface area contributed by atoms with Crippen molar-refractivity contribution < 1.29 is 50.6 Å². The monoisotopic (exact) mass is 846 g/mol. The maximum absolute atomic E-state index is 15.0. The Labute approximate surface area is 343 Å². The number of ether oxygens (including phenoxy) is 3. The number of nitrogens with zero attached hydrogens (tertiary/aromatic N) is 3. The second-order valence-electron chi connectivity index (χ2n) is 17.4. The summed E-state index contributed by atoms with van der Waals surface area (Å²) in [7, 11) is -4.06. The minimum Gasteiger partial charge on any atom is -0.476 e. The normalized spacial score (nSPS) is 28.6. The Morgan fingerprint density at radius 3 is 2.34 bits per heavy atom. The largest absolute Gasteiger partial charge is 0.476 e. The lowest BCUT2D eigenvalue weighted by atomic mass is 9.85. The van der Waals surface area contributed by atoms with Crippen LogP contribution in [0.5, 0.6) is 11.8 Å². The lowest BCUT2D eigenvalue weighted by molar-refractivity contribution is -0.152. The van der Waals surface area contributed by atoms with Gasteiger partial charge in [0.25, 0.3) is 11.8 Å². The van der Waals surface area contributed by atoms with Crippen LogP contribution in [-0.4, -0.2) is 100 Å². The van der Waals surface area contributed by atoms with Gasteiger partial charge in [0.05, 0.1) is 28.7 Å². The van der Waals surface area contributed by atoms with E-state index in [2.05, 4.69) is 25.6 Å². The van der Waals surface area contributed by atoms with E-state index in [1.54, 1.807) is 31.2 Å². The molecule has 3 N–H and O–H groups in total. The molecule has 3 fully saturated rings. The van der Waals surface area contributed by atoms with Crippen molar-refractivity contribution in [3.8, 4) is 11.8 Å². The Morgan fingerprint density at radius 1 is 1.05 bits per heavy atom. The van der Waals surface area contributed by atoms with Gasteiger partial charge in [0.1, 0.15) is 23.7 Å². The molecule has 1 aromatic carbocycles. The predicted molar refractivity (Wildman–Crippen MR) is 213 cm³/mol. The number of carbonyl (C=O) groups is 4. The SMILES string of the molecule is CCOc1nnc(OC2CC3C(=O)NC4(C(=O)NS(=O)(=O)C5(C)CC5)CC4C=CCCC(C)CC(CC)C(NC(=O)OC(C)(C)C(C)(F)F)C(=O)N3C2)c2ccccc12. The number of nitrogens with one attached hydrogen (secondary N) is 3. The standard InChI is InChI=1S/C41H56F2N6O9S/c1-8-25-20-24(3)14-10-11-15-26-22-41(26,36(52)48-59(54,55)39(6)18-19-39)45-32(50)30-21-27(57-34-29-17-13-12-16-28(29)33(46-47-34)56-9-2)23-49(30)35(51)31(25)44-37(53)58-38(4,5)40(7,42)43/h11-13,15-17,24-27,30-31H,8-10,14,18-23H2,1-7H3,(H,44,53)(H,45,50)(H,48,52). The number of sulfonamides is 1. The van der Waals surface area contributed by atoms with Gasteiger partial charge in [0, 0.05) is 19.3 Å². The van der Waals surface area contributed by atoms with E-state index >= 15 is 0 Å². The van der Waals surface area contributed by atoms with Gasteiger partial charge in [-0.3, -0.25) is 19.1 Å². The third kappa shape index (κ3) is 9.11. The average molecular weight is 847 g/mol. The molecule has 2 aromatic rings. The van der Waals surface area contributed by atoms with Crippen LogP contribution in [0.25, 0.3) is 10.8 Å². The quantitative estimate of drug-likeness (QED) is 0.252. The number of fused-ring (bicyclic) bond motifs is 3. The van der Waals surface area contributed by atoms with E-state index in [4.69, 9.17) is 14.2 Å². The zero-order chi connectivity index (χ0) is 43.1. The Balaban J connectivity index is 1.37. The summed E-state index contributed by atoms with van der Waals surface area (Å²) in [5.74, 6) is -6.30. The third-order valence-electron chi connectivity index (χ3n) is 12.5. The zero-order valence-corrected chi connectivity index (χ0v) is 35.5. The van der Waals surface area contributed by atoms with Crippen LogP contribution in [0.2, 0.25) is 0 Å². The fraction of sp³-hybridized carbons (Fsp3) is 0.659. The molecule has 4 amide bonds. The van der Waals surface area contributed by atoms with E-state index in [9.17, 15) is 36.4 Å². The molecule has 0 bridgehead atoms. The van der Waals surface area contributed by atoms with Crippen molar-refractivity contribution in [1.82, 2.24) is 30.5 Å². The van der Waals surface area contributed by atoms with Gasteiger partial charge in [-0.15, -0.1) is 10.2 Å². The fourth-order valence-electron chi connectivity index (χ4n) is 7.84. The minimum absolute atomic E-state index is 0.0210. The molecule has 3 heterocycles. The highest BCUT2D eigenvalue weighted by molar-refractivity contribution is 7.91. The van der Waals surface area contributed by atoms with Gasteiger partial charge in [0.15, 0.2) is 5.60 Å². The summed E-state index contributed by atoms with van der Waals surface area (Å²) in [6, 6.07) is 4.57. The predicted octanol–water partition coefficient (Wildman–Crippen LogP) is 5.18. The number of alkyl carbamates (subject to hydrolysis) is 1. The number of carbonyl (C=O) groups excluding carboxylic acids is 4. The number of amides is 4. The number of allylic oxidation sites excluding steroid dienone is 1. The van der Waals surface area contributed by atoms with E-state index in [0.29, 0.717) is 68.7 Å². The first-order chi connectivity index (χ1) is 27.6. The van der Waals surface area contributed by atoms with Gasteiger partial charge >= 0.3 is 6.09 Å². The molecule has 1 aromatic heterocycles. The summed E-state index contributed by atoms with van der Waals surface area (Å²) in [5, 5.41) is 15.1. The Hall–Kier alpha value is -4.61. The van der Waals surface area contributed by atoms with Crippen molar-refractivity contribution in [3.05, 3.63) is 36.4 Å². The number of hydrogen-bond donors (Lipinski definition) is 3. The highest BCUT2D eigenvalue weighted by atomic mass is 32.2. The molecular formula is C41H56F2N6O9S. The lowest BCUT2D eigenvalue weighted by Crippen LogP contribution is -2.60. The molecule has 18 heteroatoms. The van der Waals surface area contributed by atoms with Gasteiger partial charge in [-0.05, 0) is 90.2 Å². The summed E-state index contributed by atoms with van der Waals surface area (Å²) in [6.45, 7) is 10.2. The van der Waals surface area contributed by atoms with Gasteiger partial charge in [-0.25, -0.2) is 22.0 Å². The number of aromatic nitrogens is 2. The van der Waals surface area contributed by atoms with Crippen LogP contribution >= 0.6 is 0 Å². The molecule has 2 saturated carbocycles. The van der Waals surface area contributed by atoms with Gasteiger partial charge in [0.2, 0.25) is 33.6 Å². The second kappa shape index (κ2) is 16.4. The van der Waals surface area contributed by atoms with E-state index < -0.39 is 85.7 Å². The van der Waals surface area contributed by atoms with Crippen LogP contribution in [0, 0.1) is 17.8 Å². The van der Waals surface area contributed by atoms with Crippen molar-refractivity contribution in [2.75, 3.05) is 13.2 Å². The second-order valence-corrected chi connectivity index (χ2v) is 19.5. The Morgan fingerprint density at radius 2 is 1.71 bits per heavy atom. The van der Waals surface area contributed by atoms with Crippen LogP contribution in [0.15, 0.2) is 36.4 Å². The molecule has 6 rings (SSSR count). The lowest BCUT2D eigenvalue weighted by Gasteiger charge is -2.35. The number of alkyl halides is 2.